The van der Waals surface area contributed by atoms with Gasteiger partial charge in [0, 0.05) is 16.0 Å². The van der Waals surface area contributed by atoms with Crippen molar-refractivity contribution in [2.45, 2.75) is 70.6 Å². The quantitative estimate of drug-likeness (QED) is 0.261. The van der Waals surface area contributed by atoms with Gasteiger partial charge in [-0.05, 0) is 78.8 Å². The summed E-state index contributed by atoms with van der Waals surface area (Å²) in [6.07, 6.45) is 12.1. The zero-order valence-electron chi connectivity index (χ0n) is 19.0. The molecule has 1 fully saturated rings. The van der Waals surface area contributed by atoms with Crippen LogP contribution >= 0.6 is 11.6 Å². The van der Waals surface area contributed by atoms with Crippen molar-refractivity contribution in [2.75, 3.05) is 0 Å². The van der Waals surface area contributed by atoms with Crippen LogP contribution in [-0.2, 0) is 0 Å². The van der Waals surface area contributed by atoms with Gasteiger partial charge in [-0.2, -0.15) is 0 Å². The predicted molar refractivity (Wildman–Crippen MR) is 135 cm³/mol. The Morgan fingerprint density at radius 2 is 1.66 bits per heavy atom. The van der Waals surface area contributed by atoms with E-state index in [-0.39, 0.29) is 5.82 Å². The molecule has 0 N–H and O–H groups in total. The average molecular weight is 447 g/mol. The van der Waals surface area contributed by atoms with E-state index in [1.807, 2.05) is 24.3 Å². The summed E-state index contributed by atoms with van der Waals surface area (Å²) in [7, 11) is 0. The van der Waals surface area contributed by atoms with Crippen LogP contribution in [0.15, 0.2) is 54.6 Å². The minimum absolute atomic E-state index is 0.230. The summed E-state index contributed by atoms with van der Waals surface area (Å²) in [5, 5.41) is 2.30. The lowest BCUT2D eigenvalue weighted by molar-refractivity contribution is 0.302. The van der Waals surface area contributed by atoms with Gasteiger partial charge in [0.15, 0.2) is 0 Å². The standard InChI is InChI=1S/C30H32ClF/c1-2-3-4-5-6-22-7-12-24(13-8-22)26-17-20-29-27(21-26)16-15-25(30(29)32)14-9-23-10-18-28(31)19-11-23/h10-11,15-22,24H,2-8,12-13H2,1H3. The highest BCUT2D eigenvalue weighted by Gasteiger charge is 2.22. The van der Waals surface area contributed by atoms with Crippen LogP contribution in [0.2, 0.25) is 5.02 Å². The molecule has 1 aliphatic rings. The Balaban J connectivity index is 1.43. The molecule has 0 spiro atoms. The van der Waals surface area contributed by atoms with Crippen LogP contribution in [0.5, 0.6) is 0 Å². The van der Waals surface area contributed by atoms with Gasteiger partial charge in [-0.25, -0.2) is 4.39 Å². The van der Waals surface area contributed by atoms with E-state index in [2.05, 4.69) is 30.9 Å². The normalized spacial score (nSPS) is 18.3. The van der Waals surface area contributed by atoms with Crippen LogP contribution in [0.3, 0.4) is 0 Å². The highest BCUT2D eigenvalue weighted by Crippen LogP contribution is 2.38. The van der Waals surface area contributed by atoms with Crippen molar-refractivity contribution in [3.05, 3.63) is 82.1 Å². The van der Waals surface area contributed by atoms with Crippen LogP contribution < -0.4 is 0 Å². The lowest BCUT2D eigenvalue weighted by Crippen LogP contribution is -2.13. The largest absolute Gasteiger partial charge is 0.205 e. The highest BCUT2D eigenvalue weighted by atomic mass is 35.5. The number of hydrogen-bond donors (Lipinski definition) is 0. The molecule has 0 aromatic heterocycles. The number of halogens is 2. The molecule has 0 saturated heterocycles. The molecule has 0 aliphatic heterocycles. The molecule has 0 bridgehead atoms. The van der Waals surface area contributed by atoms with E-state index in [4.69, 9.17) is 11.6 Å². The molecule has 0 nitrogen and oxygen atoms in total. The van der Waals surface area contributed by atoms with Crippen molar-refractivity contribution >= 4 is 22.4 Å². The molecule has 0 heterocycles. The first-order chi connectivity index (χ1) is 15.6. The van der Waals surface area contributed by atoms with Gasteiger partial charge in [0.25, 0.3) is 0 Å². The Morgan fingerprint density at radius 1 is 0.875 bits per heavy atom. The SMILES string of the molecule is CCCCCCC1CCC(c2ccc3c(F)c(C#Cc4ccc(Cl)cc4)ccc3c2)CC1. The van der Waals surface area contributed by atoms with E-state index in [1.54, 1.807) is 18.2 Å². The molecule has 166 valence electrons. The van der Waals surface area contributed by atoms with E-state index in [0.717, 1.165) is 16.9 Å². The van der Waals surface area contributed by atoms with Gasteiger partial charge >= 0.3 is 0 Å². The summed E-state index contributed by atoms with van der Waals surface area (Å²) < 4.78 is 15.1. The third-order valence-corrected chi connectivity index (χ3v) is 7.20. The van der Waals surface area contributed by atoms with Crippen molar-refractivity contribution in [1.82, 2.24) is 0 Å². The molecule has 1 aliphatic carbocycles. The smallest absolute Gasteiger partial charge is 0.146 e. The molecule has 32 heavy (non-hydrogen) atoms. The van der Waals surface area contributed by atoms with Crippen molar-refractivity contribution in [1.29, 1.82) is 0 Å². The Hall–Kier alpha value is -2.30. The van der Waals surface area contributed by atoms with Gasteiger partial charge in [0.2, 0.25) is 0 Å². The summed E-state index contributed by atoms with van der Waals surface area (Å²) in [6.45, 7) is 2.27. The Kier molecular flexibility index (Phi) is 7.88. The first-order valence-electron chi connectivity index (χ1n) is 12.1. The fourth-order valence-electron chi connectivity index (χ4n) is 4.98. The molecule has 2 heteroatoms. The number of benzene rings is 3. The maximum Gasteiger partial charge on any atom is 0.146 e. The van der Waals surface area contributed by atoms with E-state index >= 15 is 4.39 Å². The summed E-state index contributed by atoms with van der Waals surface area (Å²) in [5.74, 6) is 7.30. The van der Waals surface area contributed by atoms with Gasteiger partial charge in [0.1, 0.15) is 5.82 Å². The topological polar surface area (TPSA) is 0 Å². The molecule has 0 unspecified atom stereocenters. The number of fused-ring (bicyclic) bond motifs is 1. The number of hydrogen-bond acceptors (Lipinski definition) is 0. The van der Waals surface area contributed by atoms with E-state index in [1.165, 1.54) is 63.4 Å². The van der Waals surface area contributed by atoms with Crippen LogP contribution in [0.1, 0.15) is 87.3 Å². The lowest BCUT2D eigenvalue weighted by atomic mass is 9.76. The number of rotatable bonds is 6. The average Bonchev–Trinajstić information content (AvgIpc) is 2.83. The van der Waals surface area contributed by atoms with Crippen LogP contribution in [0.25, 0.3) is 10.8 Å². The summed E-state index contributed by atoms with van der Waals surface area (Å²) >= 11 is 5.92. The minimum Gasteiger partial charge on any atom is -0.205 e. The van der Waals surface area contributed by atoms with Gasteiger partial charge in [-0.15, -0.1) is 0 Å². The van der Waals surface area contributed by atoms with Crippen LogP contribution in [0.4, 0.5) is 4.39 Å². The van der Waals surface area contributed by atoms with Crippen molar-refractivity contribution in [3.8, 4) is 11.8 Å². The summed E-state index contributed by atoms with van der Waals surface area (Å²) in [4.78, 5) is 0. The molecule has 1 saturated carbocycles. The van der Waals surface area contributed by atoms with Crippen LogP contribution in [-0.4, -0.2) is 0 Å². The van der Waals surface area contributed by atoms with E-state index in [9.17, 15) is 0 Å². The molecule has 4 rings (SSSR count). The van der Waals surface area contributed by atoms with Gasteiger partial charge in [-0.1, -0.05) is 86.7 Å². The Morgan fingerprint density at radius 3 is 2.41 bits per heavy atom. The van der Waals surface area contributed by atoms with E-state index in [0.29, 0.717) is 21.9 Å². The van der Waals surface area contributed by atoms with Gasteiger partial charge in [0.05, 0.1) is 5.56 Å². The van der Waals surface area contributed by atoms with Crippen LogP contribution in [0, 0.1) is 23.6 Å². The maximum atomic E-state index is 15.1. The molecule has 3 aromatic rings. The first-order valence-corrected chi connectivity index (χ1v) is 12.5. The van der Waals surface area contributed by atoms with Gasteiger partial charge in [-0.3, -0.25) is 0 Å². The first kappa shape index (κ1) is 22.9. The Bertz CT molecular complexity index is 1100. The fraction of sp³-hybridized carbons (Fsp3) is 0.400. The third-order valence-electron chi connectivity index (χ3n) is 6.95. The zero-order valence-corrected chi connectivity index (χ0v) is 19.7. The maximum absolute atomic E-state index is 15.1. The second kappa shape index (κ2) is 11.0. The lowest BCUT2D eigenvalue weighted by Gasteiger charge is -2.29. The van der Waals surface area contributed by atoms with E-state index < -0.39 is 0 Å². The summed E-state index contributed by atoms with van der Waals surface area (Å²) in [6, 6.07) is 17.4. The minimum atomic E-state index is -0.230. The molecule has 0 atom stereocenters. The fourth-order valence-corrected chi connectivity index (χ4v) is 5.10. The molecule has 0 radical (unpaired) electrons. The molecular formula is C30H32ClF. The molecule has 3 aromatic carbocycles. The predicted octanol–water partition coefficient (Wildman–Crippen LogP) is 9.28. The second-order valence-corrected chi connectivity index (χ2v) is 9.67. The van der Waals surface area contributed by atoms with Crippen molar-refractivity contribution < 1.29 is 4.39 Å². The molecular weight excluding hydrogens is 415 g/mol. The van der Waals surface area contributed by atoms with Crippen molar-refractivity contribution in [2.24, 2.45) is 5.92 Å². The summed E-state index contributed by atoms with van der Waals surface area (Å²) in [5.41, 5.74) is 2.62. The monoisotopic (exact) mass is 446 g/mol. The number of unbranched alkanes of at least 4 members (excludes halogenated alkanes) is 3. The second-order valence-electron chi connectivity index (χ2n) is 9.23. The molecule has 0 amide bonds. The van der Waals surface area contributed by atoms with Gasteiger partial charge < -0.3 is 0 Å². The Labute approximate surface area is 197 Å². The third kappa shape index (κ3) is 5.73. The highest BCUT2D eigenvalue weighted by molar-refractivity contribution is 6.30. The van der Waals surface area contributed by atoms with Crippen molar-refractivity contribution in [3.63, 3.8) is 0 Å². The zero-order chi connectivity index (χ0) is 22.3.